The number of nitrogens with zero attached hydrogens (tertiary/aromatic N) is 3. The summed E-state index contributed by atoms with van der Waals surface area (Å²) in [5.74, 6) is 0.789. The lowest BCUT2D eigenvalue weighted by atomic mass is 10.0. The van der Waals surface area contributed by atoms with Gasteiger partial charge in [-0.2, -0.15) is 4.98 Å². The Labute approximate surface area is 105 Å². The van der Waals surface area contributed by atoms with Crippen LogP contribution in [0.15, 0.2) is 4.52 Å². The van der Waals surface area contributed by atoms with E-state index >= 15 is 0 Å². The van der Waals surface area contributed by atoms with E-state index in [2.05, 4.69) is 20.4 Å². The molecule has 0 saturated carbocycles. The second-order valence-electron chi connectivity index (χ2n) is 4.74. The standard InChI is InChI=1S/C11H18N4O3/c1-8-13-9(18-14-8)6-12-10(16)11(2)7-15(3)4-5-17-11/h4-7H2,1-3H3,(H,12,16). The van der Waals surface area contributed by atoms with E-state index in [1.807, 2.05) is 7.05 Å². The first-order chi connectivity index (χ1) is 8.49. The SMILES string of the molecule is Cc1noc(CNC(=O)C2(C)CN(C)CCO2)n1. The van der Waals surface area contributed by atoms with Crippen molar-refractivity contribution in [3.63, 3.8) is 0 Å². The van der Waals surface area contributed by atoms with Crippen LogP contribution in [0.2, 0.25) is 0 Å². The van der Waals surface area contributed by atoms with Crippen molar-refractivity contribution in [1.29, 1.82) is 0 Å². The predicted octanol–water partition coefficient (Wildman–Crippen LogP) is -0.285. The molecule has 0 aliphatic carbocycles. The van der Waals surface area contributed by atoms with Crippen molar-refractivity contribution in [3.05, 3.63) is 11.7 Å². The van der Waals surface area contributed by atoms with Crippen LogP contribution in [-0.4, -0.2) is 53.3 Å². The summed E-state index contributed by atoms with van der Waals surface area (Å²) in [6, 6.07) is 0. The summed E-state index contributed by atoms with van der Waals surface area (Å²) in [5, 5.41) is 6.42. The van der Waals surface area contributed by atoms with Crippen LogP contribution in [0.5, 0.6) is 0 Å². The van der Waals surface area contributed by atoms with Crippen molar-refractivity contribution in [1.82, 2.24) is 20.4 Å². The highest BCUT2D eigenvalue weighted by Crippen LogP contribution is 2.16. The van der Waals surface area contributed by atoms with E-state index in [-0.39, 0.29) is 12.5 Å². The minimum Gasteiger partial charge on any atom is -0.363 e. The van der Waals surface area contributed by atoms with Gasteiger partial charge in [-0.05, 0) is 20.9 Å². The summed E-state index contributed by atoms with van der Waals surface area (Å²) >= 11 is 0. The van der Waals surface area contributed by atoms with E-state index in [1.54, 1.807) is 13.8 Å². The summed E-state index contributed by atoms with van der Waals surface area (Å²) in [4.78, 5) is 18.2. The molecular formula is C11H18N4O3. The summed E-state index contributed by atoms with van der Waals surface area (Å²) in [6.45, 7) is 5.71. The monoisotopic (exact) mass is 254 g/mol. The maximum absolute atomic E-state index is 12.1. The van der Waals surface area contributed by atoms with Crippen molar-refractivity contribution in [3.8, 4) is 0 Å². The Hall–Kier alpha value is -1.47. The fraction of sp³-hybridized carbons (Fsp3) is 0.727. The number of hydrogen-bond acceptors (Lipinski definition) is 6. The number of amides is 1. The second kappa shape index (κ2) is 5.03. The smallest absolute Gasteiger partial charge is 0.253 e. The maximum atomic E-state index is 12.1. The number of carbonyl (C=O) groups is 1. The van der Waals surface area contributed by atoms with Gasteiger partial charge in [0.25, 0.3) is 5.91 Å². The Morgan fingerprint density at radius 2 is 2.39 bits per heavy atom. The Bertz CT molecular complexity index is 434. The van der Waals surface area contributed by atoms with Crippen LogP contribution < -0.4 is 5.32 Å². The van der Waals surface area contributed by atoms with Gasteiger partial charge in [-0.3, -0.25) is 4.79 Å². The highest BCUT2D eigenvalue weighted by molar-refractivity contribution is 5.85. The molecule has 18 heavy (non-hydrogen) atoms. The van der Waals surface area contributed by atoms with E-state index < -0.39 is 5.60 Å². The molecule has 1 aromatic heterocycles. The molecule has 7 nitrogen and oxygen atoms in total. The molecule has 1 unspecified atom stereocenters. The van der Waals surface area contributed by atoms with Gasteiger partial charge in [-0.15, -0.1) is 0 Å². The fourth-order valence-electron chi connectivity index (χ4n) is 1.96. The first-order valence-electron chi connectivity index (χ1n) is 5.89. The van der Waals surface area contributed by atoms with Crippen LogP contribution in [0, 0.1) is 6.92 Å². The van der Waals surface area contributed by atoms with Crippen LogP contribution in [-0.2, 0) is 16.1 Å². The topological polar surface area (TPSA) is 80.5 Å². The van der Waals surface area contributed by atoms with Crippen LogP contribution >= 0.6 is 0 Å². The highest BCUT2D eigenvalue weighted by atomic mass is 16.5. The molecule has 0 bridgehead atoms. The van der Waals surface area contributed by atoms with Crippen LogP contribution in [0.1, 0.15) is 18.6 Å². The van der Waals surface area contributed by atoms with Gasteiger partial charge in [0.2, 0.25) is 5.89 Å². The van der Waals surface area contributed by atoms with Gasteiger partial charge < -0.3 is 19.5 Å². The third-order valence-electron chi connectivity index (χ3n) is 2.92. The summed E-state index contributed by atoms with van der Waals surface area (Å²) in [7, 11) is 1.97. The molecule has 1 atom stereocenters. The number of aryl methyl sites for hydroxylation is 1. The molecule has 0 spiro atoms. The number of ether oxygens (including phenoxy) is 1. The molecule has 100 valence electrons. The second-order valence-corrected chi connectivity index (χ2v) is 4.74. The zero-order valence-corrected chi connectivity index (χ0v) is 10.9. The summed E-state index contributed by atoms with van der Waals surface area (Å²) < 4.78 is 10.5. The first-order valence-corrected chi connectivity index (χ1v) is 5.89. The van der Waals surface area contributed by atoms with E-state index in [0.29, 0.717) is 24.9 Å². The molecule has 7 heteroatoms. The predicted molar refractivity (Wildman–Crippen MR) is 62.7 cm³/mol. The molecule has 1 N–H and O–H groups in total. The average molecular weight is 254 g/mol. The van der Waals surface area contributed by atoms with Crippen molar-refractivity contribution >= 4 is 5.91 Å². The van der Waals surface area contributed by atoms with Gasteiger partial charge in [0.05, 0.1) is 13.2 Å². The van der Waals surface area contributed by atoms with Gasteiger partial charge >= 0.3 is 0 Å². The molecule has 1 fully saturated rings. The van der Waals surface area contributed by atoms with E-state index in [4.69, 9.17) is 9.26 Å². The molecular weight excluding hydrogens is 236 g/mol. The number of likely N-dealkylation sites (N-methyl/N-ethyl adjacent to an activating group) is 1. The minimum atomic E-state index is -0.817. The lowest BCUT2D eigenvalue weighted by Crippen LogP contribution is -2.57. The van der Waals surface area contributed by atoms with Gasteiger partial charge in [-0.25, -0.2) is 0 Å². The van der Waals surface area contributed by atoms with Gasteiger partial charge in [-0.1, -0.05) is 5.16 Å². The molecule has 2 heterocycles. The van der Waals surface area contributed by atoms with E-state index in [1.165, 1.54) is 0 Å². The third kappa shape index (κ3) is 2.85. The lowest BCUT2D eigenvalue weighted by molar-refractivity contribution is -0.155. The molecule has 1 saturated heterocycles. The van der Waals surface area contributed by atoms with E-state index in [0.717, 1.165) is 6.54 Å². The lowest BCUT2D eigenvalue weighted by Gasteiger charge is -2.37. The molecule has 0 aromatic carbocycles. The Morgan fingerprint density at radius 3 is 3.00 bits per heavy atom. The average Bonchev–Trinajstić information content (AvgIpc) is 2.71. The number of morpholine rings is 1. The van der Waals surface area contributed by atoms with Crippen molar-refractivity contribution < 1.29 is 14.1 Å². The molecule has 1 aliphatic heterocycles. The summed E-state index contributed by atoms with van der Waals surface area (Å²) in [5.41, 5.74) is -0.817. The van der Waals surface area contributed by atoms with Crippen molar-refractivity contribution in [2.24, 2.45) is 0 Å². The number of hydrogen-bond donors (Lipinski definition) is 1. The largest absolute Gasteiger partial charge is 0.363 e. The Balaban J connectivity index is 1.91. The van der Waals surface area contributed by atoms with E-state index in [9.17, 15) is 4.79 Å². The van der Waals surface area contributed by atoms with Crippen LogP contribution in [0.4, 0.5) is 0 Å². The number of aromatic nitrogens is 2. The quantitative estimate of drug-likeness (QED) is 0.798. The number of rotatable bonds is 3. The zero-order valence-electron chi connectivity index (χ0n) is 10.9. The highest BCUT2D eigenvalue weighted by Gasteiger charge is 2.38. The van der Waals surface area contributed by atoms with Crippen molar-refractivity contribution in [2.45, 2.75) is 26.0 Å². The normalized spacial score (nSPS) is 25.1. The fourth-order valence-corrected chi connectivity index (χ4v) is 1.96. The molecule has 1 aliphatic rings. The van der Waals surface area contributed by atoms with Crippen LogP contribution in [0.3, 0.4) is 0 Å². The molecule has 2 rings (SSSR count). The number of carbonyl (C=O) groups excluding carboxylic acids is 1. The third-order valence-corrected chi connectivity index (χ3v) is 2.92. The maximum Gasteiger partial charge on any atom is 0.253 e. The van der Waals surface area contributed by atoms with Crippen LogP contribution in [0.25, 0.3) is 0 Å². The van der Waals surface area contributed by atoms with Gasteiger partial charge in [0.15, 0.2) is 11.4 Å². The summed E-state index contributed by atoms with van der Waals surface area (Å²) in [6.07, 6.45) is 0. The number of nitrogens with one attached hydrogen (secondary N) is 1. The van der Waals surface area contributed by atoms with Gasteiger partial charge in [0.1, 0.15) is 0 Å². The first kappa shape index (κ1) is 13.0. The van der Waals surface area contributed by atoms with Crippen molar-refractivity contribution in [2.75, 3.05) is 26.7 Å². The Morgan fingerprint density at radius 1 is 1.61 bits per heavy atom. The molecule has 1 aromatic rings. The zero-order chi connectivity index (χ0) is 13.2. The Kier molecular flexibility index (Phi) is 3.63. The minimum absolute atomic E-state index is 0.162. The molecule has 0 radical (unpaired) electrons. The molecule has 1 amide bonds. The van der Waals surface area contributed by atoms with Gasteiger partial charge in [0, 0.05) is 13.1 Å².